The van der Waals surface area contributed by atoms with E-state index in [4.69, 9.17) is 4.74 Å². The molecule has 0 radical (unpaired) electrons. The molecule has 6 nitrogen and oxygen atoms in total. The molecule has 3 heterocycles. The molecule has 7 heteroatoms. The lowest BCUT2D eigenvalue weighted by molar-refractivity contribution is 0.0520. The molecule has 1 aliphatic rings. The minimum absolute atomic E-state index is 0.302. The lowest BCUT2D eigenvalue weighted by Gasteiger charge is -2.26. The summed E-state index contributed by atoms with van der Waals surface area (Å²) in [4.78, 5) is 15.9. The van der Waals surface area contributed by atoms with E-state index < -0.39 is 0 Å². The van der Waals surface area contributed by atoms with Gasteiger partial charge < -0.3 is 9.72 Å². The minimum Gasteiger partial charge on any atom is -0.461 e. The van der Waals surface area contributed by atoms with Crippen LogP contribution in [0.25, 0.3) is 0 Å². The summed E-state index contributed by atoms with van der Waals surface area (Å²) in [6.07, 6.45) is 1.84. The molecule has 0 saturated carbocycles. The van der Waals surface area contributed by atoms with Gasteiger partial charge in [-0.05, 0) is 37.9 Å². The van der Waals surface area contributed by atoms with Gasteiger partial charge in [0.2, 0.25) is 0 Å². The maximum absolute atomic E-state index is 11.7. The molecule has 0 unspecified atom stereocenters. The SMILES string of the molecule is CCOC(=O)c1cc(SN2CCn3nccc3C2)c(C)[nH]1. The van der Waals surface area contributed by atoms with Crippen molar-refractivity contribution in [3.05, 3.63) is 35.4 Å². The second-order valence-corrected chi connectivity index (χ2v) is 6.03. The first-order valence-electron chi connectivity index (χ1n) is 6.97. The number of aromatic amines is 1. The van der Waals surface area contributed by atoms with E-state index in [1.54, 1.807) is 18.9 Å². The van der Waals surface area contributed by atoms with Crippen LogP contribution in [0.1, 0.15) is 28.8 Å². The highest BCUT2D eigenvalue weighted by molar-refractivity contribution is 7.97. The number of rotatable bonds is 4. The van der Waals surface area contributed by atoms with Gasteiger partial charge in [-0.15, -0.1) is 0 Å². The Balaban J connectivity index is 1.70. The smallest absolute Gasteiger partial charge is 0.354 e. The lowest BCUT2D eigenvalue weighted by Crippen LogP contribution is -2.28. The van der Waals surface area contributed by atoms with E-state index in [1.807, 2.05) is 29.9 Å². The monoisotopic (exact) mass is 306 g/mol. The number of aryl methyl sites for hydroxylation is 1. The molecule has 3 rings (SSSR count). The fourth-order valence-electron chi connectivity index (χ4n) is 2.33. The van der Waals surface area contributed by atoms with Crippen LogP contribution < -0.4 is 0 Å². The normalized spacial score (nSPS) is 15.0. The standard InChI is InChI=1S/C14H18N4O2S/c1-3-20-14(19)12-8-13(10(2)16-12)21-17-6-7-18-11(9-17)4-5-15-18/h4-5,8,16H,3,6-7,9H2,1-2H3. The maximum atomic E-state index is 11.7. The van der Waals surface area contributed by atoms with Gasteiger partial charge >= 0.3 is 5.97 Å². The number of carbonyl (C=O) groups excluding carboxylic acids is 1. The summed E-state index contributed by atoms with van der Waals surface area (Å²) in [6, 6.07) is 3.91. The molecule has 0 fully saturated rings. The quantitative estimate of drug-likeness (QED) is 0.693. The van der Waals surface area contributed by atoms with Gasteiger partial charge in [-0.1, -0.05) is 0 Å². The first-order chi connectivity index (χ1) is 10.2. The Morgan fingerprint density at radius 3 is 3.19 bits per heavy atom. The van der Waals surface area contributed by atoms with Crippen LogP contribution >= 0.6 is 11.9 Å². The Morgan fingerprint density at radius 2 is 2.38 bits per heavy atom. The Bertz CT molecular complexity index is 649. The van der Waals surface area contributed by atoms with Gasteiger partial charge in [-0.2, -0.15) is 5.10 Å². The molecule has 1 aliphatic heterocycles. The van der Waals surface area contributed by atoms with Crippen LogP contribution in [0, 0.1) is 6.92 Å². The fraction of sp³-hybridized carbons (Fsp3) is 0.429. The van der Waals surface area contributed by atoms with Crippen molar-refractivity contribution >= 4 is 17.9 Å². The molecule has 0 aromatic carbocycles. The van der Waals surface area contributed by atoms with Gasteiger partial charge in [0.15, 0.2) is 0 Å². The summed E-state index contributed by atoms with van der Waals surface area (Å²) in [5.41, 5.74) is 2.72. The Morgan fingerprint density at radius 1 is 1.52 bits per heavy atom. The van der Waals surface area contributed by atoms with Crippen LogP contribution in [-0.2, 0) is 17.8 Å². The van der Waals surface area contributed by atoms with Crippen LogP contribution in [0.15, 0.2) is 23.2 Å². The highest BCUT2D eigenvalue weighted by Gasteiger charge is 2.20. The van der Waals surface area contributed by atoms with Gasteiger partial charge in [-0.3, -0.25) is 4.68 Å². The summed E-state index contributed by atoms with van der Waals surface area (Å²) < 4.78 is 9.33. The molecule has 0 aliphatic carbocycles. The van der Waals surface area contributed by atoms with Gasteiger partial charge in [0, 0.05) is 23.3 Å². The number of ether oxygens (including phenoxy) is 1. The average molecular weight is 306 g/mol. The fourth-order valence-corrected chi connectivity index (χ4v) is 3.34. The zero-order chi connectivity index (χ0) is 14.8. The third-order valence-corrected chi connectivity index (χ3v) is 4.58. The van der Waals surface area contributed by atoms with Crippen molar-refractivity contribution in [1.82, 2.24) is 19.1 Å². The minimum atomic E-state index is -0.302. The number of nitrogens with one attached hydrogen (secondary N) is 1. The van der Waals surface area contributed by atoms with Crippen molar-refractivity contribution in [2.24, 2.45) is 0 Å². The van der Waals surface area contributed by atoms with E-state index in [0.29, 0.717) is 12.3 Å². The zero-order valence-electron chi connectivity index (χ0n) is 12.1. The number of fused-ring (bicyclic) bond motifs is 1. The van der Waals surface area contributed by atoms with Crippen LogP contribution in [-0.4, -0.2) is 38.2 Å². The molecular formula is C14H18N4O2S. The lowest BCUT2D eigenvalue weighted by atomic mass is 10.3. The second-order valence-electron chi connectivity index (χ2n) is 4.89. The number of esters is 1. The summed E-state index contributed by atoms with van der Waals surface area (Å²) in [5, 5.41) is 4.28. The van der Waals surface area contributed by atoms with E-state index in [2.05, 4.69) is 14.4 Å². The highest BCUT2D eigenvalue weighted by atomic mass is 32.2. The third-order valence-electron chi connectivity index (χ3n) is 3.39. The molecule has 0 atom stereocenters. The van der Waals surface area contributed by atoms with Crippen LogP contribution in [0.2, 0.25) is 0 Å². The number of hydrogen-bond acceptors (Lipinski definition) is 5. The highest BCUT2D eigenvalue weighted by Crippen LogP contribution is 2.30. The van der Waals surface area contributed by atoms with Crippen molar-refractivity contribution in [2.75, 3.05) is 13.2 Å². The predicted octanol–water partition coefficient (Wildman–Crippen LogP) is 2.22. The van der Waals surface area contributed by atoms with E-state index in [1.165, 1.54) is 5.69 Å². The molecule has 0 amide bonds. The van der Waals surface area contributed by atoms with Crippen molar-refractivity contribution in [3.63, 3.8) is 0 Å². The van der Waals surface area contributed by atoms with E-state index in [9.17, 15) is 4.79 Å². The largest absolute Gasteiger partial charge is 0.461 e. The van der Waals surface area contributed by atoms with Gasteiger partial charge in [0.25, 0.3) is 0 Å². The molecule has 2 aromatic rings. The molecule has 0 bridgehead atoms. The van der Waals surface area contributed by atoms with E-state index in [0.717, 1.165) is 30.2 Å². The topological polar surface area (TPSA) is 63.1 Å². The first kappa shape index (κ1) is 14.2. The van der Waals surface area contributed by atoms with Crippen molar-refractivity contribution in [1.29, 1.82) is 0 Å². The molecule has 2 aromatic heterocycles. The number of aromatic nitrogens is 3. The summed E-state index contributed by atoms with van der Waals surface area (Å²) in [7, 11) is 0. The van der Waals surface area contributed by atoms with Crippen molar-refractivity contribution in [2.45, 2.75) is 31.8 Å². The summed E-state index contributed by atoms with van der Waals surface area (Å²) in [6.45, 7) is 6.83. The summed E-state index contributed by atoms with van der Waals surface area (Å²) >= 11 is 1.67. The number of hydrogen-bond donors (Lipinski definition) is 1. The van der Waals surface area contributed by atoms with E-state index >= 15 is 0 Å². The van der Waals surface area contributed by atoms with Crippen molar-refractivity contribution in [3.8, 4) is 0 Å². The molecule has 1 N–H and O–H groups in total. The molecule has 0 spiro atoms. The van der Waals surface area contributed by atoms with Gasteiger partial charge in [0.1, 0.15) is 5.69 Å². The molecule has 21 heavy (non-hydrogen) atoms. The molecular weight excluding hydrogens is 288 g/mol. The Labute approximate surface area is 127 Å². The van der Waals surface area contributed by atoms with Crippen molar-refractivity contribution < 1.29 is 9.53 Å². The Kier molecular flexibility index (Phi) is 4.03. The summed E-state index contributed by atoms with van der Waals surface area (Å²) in [5.74, 6) is -0.302. The Hall–Kier alpha value is -1.73. The van der Waals surface area contributed by atoms with Crippen LogP contribution in [0.5, 0.6) is 0 Å². The molecule has 0 saturated heterocycles. The first-order valence-corrected chi connectivity index (χ1v) is 7.75. The third kappa shape index (κ3) is 2.98. The van der Waals surface area contributed by atoms with E-state index in [-0.39, 0.29) is 5.97 Å². The average Bonchev–Trinajstić information content (AvgIpc) is 3.06. The number of nitrogens with zero attached hydrogens (tertiary/aromatic N) is 3. The van der Waals surface area contributed by atoms with Crippen LogP contribution in [0.3, 0.4) is 0 Å². The van der Waals surface area contributed by atoms with Gasteiger partial charge in [-0.25, -0.2) is 9.10 Å². The second kappa shape index (κ2) is 5.95. The predicted molar refractivity (Wildman–Crippen MR) is 80.0 cm³/mol. The van der Waals surface area contributed by atoms with Gasteiger partial charge in [0.05, 0.1) is 25.4 Å². The molecule has 112 valence electrons. The number of carbonyl (C=O) groups is 1. The zero-order valence-corrected chi connectivity index (χ0v) is 12.9. The van der Waals surface area contributed by atoms with Crippen LogP contribution in [0.4, 0.5) is 0 Å². The maximum Gasteiger partial charge on any atom is 0.354 e. The number of H-pyrrole nitrogens is 1.